The monoisotopic (exact) mass is 515 g/mol. The first kappa shape index (κ1) is 23.6. The van der Waals surface area contributed by atoms with E-state index in [1.807, 2.05) is 0 Å². The minimum atomic E-state index is -4.01. The molecule has 0 saturated heterocycles. The van der Waals surface area contributed by atoms with E-state index in [-0.39, 0.29) is 26.6 Å². The van der Waals surface area contributed by atoms with Crippen LogP contribution in [-0.2, 0) is 14.8 Å². The molecule has 0 aliphatic heterocycles. The second-order valence-electron chi connectivity index (χ2n) is 6.38. The van der Waals surface area contributed by atoms with Crippen molar-refractivity contribution in [2.24, 2.45) is 0 Å². The van der Waals surface area contributed by atoms with Crippen molar-refractivity contribution in [2.75, 3.05) is 10.0 Å². The predicted octanol–water partition coefficient (Wildman–Crippen LogP) is 6.40. The number of halogens is 3. The van der Waals surface area contributed by atoms with Gasteiger partial charge in [0.1, 0.15) is 5.25 Å². The van der Waals surface area contributed by atoms with Gasteiger partial charge in [0.2, 0.25) is 15.9 Å². The number of amides is 1. The Kier molecular flexibility index (Phi) is 7.28. The lowest BCUT2D eigenvalue weighted by Crippen LogP contribution is -2.20. The van der Waals surface area contributed by atoms with Crippen LogP contribution in [0, 0.1) is 0 Å². The molecule has 0 bridgehead atoms. The highest BCUT2D eigenvalue weighted by Crippen LogP contribution is 2.38. The summed E-state index contributed by atoms with van der Waals surface area (Å²) in [7, 11) is -4.01. The molecule has 0 fully saturated rings. The van der Waals surface area contributed by atoms with Crippen molar-refractivity contribution in [3.8, 4) is 11.3 Å². The van der Waals surface area contributed by atoms with E-state index in [0.29, 0.717) is 16.4 Å². The van der Waals surface area contributed by atoms with Crippen molar-refractivity contribution in [2.45, 2.75) is 12.2 Å². The molecule has 1 amide bonds. The molecule has 6 nitrogen and oxygen atoms in total. The fourth-order valence-electron chi connectivity index (χ4n) is 2.79. The minimum absolute atomic E-state index is 0.117. The van der Waals surface area contributed by atoms with Gasteiger partial charge in [-0.25, -0.2) is 13.4 Å². The lowest BCUT2D eigenvalue weighted by Gasteiger charge is -2.17. The summed E-state index contributed by atoms with van der Waals surface area (Å²) in [5.74, 6) is -0.171. The molecule has 1 heterocycles. The maximum Gasteiger partial charge on any atom is 0.245 e. The SMILES string of the molecule is C=CC(c1c(Cl)cc(Cl)cc1Cl)S(=O)(=O)Nc1nc(-c2ccc(NC(C)=O)cc2)cs1. The zero-order chi connectivity index (χ0) is 22.8. The quantitative estimate of drug-likeness (QED) is 0.356. The summed E-state index contributed by atoms with van der Waals surface area (Å²) in [6.07, 6.45) is 1.23. The summed E-state index contributed by atoms with van der Waals surface area (Å²) in [6, 6.07) is 9.86. The molecule has 0 radical (unpaired) electrons. The molecule has 1 atom stereocenters. The summed E-state index contributed by atoms with van der Waals surface area (Å²) in [6.45, 7) is 5.04. The summed E-state index contributed by atoms with van der Waals surface area (Å²) >= 11 is 19.4. The Morgan fingerprint density at radius 2 is 1.77 bits per heavy atom. The van der Waals surface area contributed by atoms with Crippen molar-refractivity contribution in [3.63, 3.8) is 0 Å². The fourth-order valence-corrected chi connectivity index (χ4v) is 6.31. The van der Waals surface area contributed by atoms with Crippen LogP contribution in [-0.4, -0.2) is 19.3 Å². The van der Waals surface area contributed by atoms with Crippen molar-refractivity contribution in [1.82, 2.24) is 4.98 Å². The Morgan fingerprint density at radius 3 is 2.32 bits per heavy atom. The van der Waals surface area contributed by atoms with Crippen molar-refractivity contribution in [1.29, 1.82) is 0 Å². The van der Waals surface area contributed by atoms with Gasteiger partial charge in [-0.15, -0.1) is 17.9 Å². The van der Waals surface area contributed by atoms with E-state index in [1.165, 1.54) is 25.1 Å². The zero-order valence-corrected chi connectivity index (χ0v) is 19.9. The third-order valence-electron chi connectivity index (χ3n) is 4.11. The highest BCUT2D eigenvalue weighted by atomic mass is 35.5. The number of anilines is 2. The van der Waals surface area contributed by atoms with E-state index in [1.54, 1.807) is 29.6 Å². The van der Waals surface area contributed by atoms with Crippen LogP contribution in [0.1, 0.15) is 17.7 Å². The maximum atomic E-state index is 13.0. The fraction of sp³-hybridized carbons (Fsp3) is 0.100. The standard InChI is InChI=1S/C20H16Cl3N3O3S2/c1-3-18(19-15(22)8-13(21)9-16(19)23)31(28,29)26-20-25-17(10-30-20)12-4-6-14(7-5-12)24-11(2)27/h3-10,18H,1H2,2H3,(H,24,27)(H,25,26). The number of hydrogen-bond acceptors (Lipinski definition) is 5. The van der Waals surface area contributed by atoms with E-state index < -0.39 is 15.3 Å². The third kappa shape index (κ3) is 5.58. The first-order valence-corrected chi connectivity index (χ1v) is 12.3. The van der Waals surface area contributed by atoms with Gasteiger partial charge < -0.3 is 5.32 Å². The first-order valence-electron chi connectivity index (χ1n) is 8.73. The predicted molar refractivity (Wildman–Crippen MR) is 129 cm³/mol. The van der Waals surface area contributed by atoms with Gasteiger partial charge in [0.25, 0.3) is 0 Å². The Morgan fingerprint density at radius 1 is 1.16 bits per heavy atom. The number of thiazole rings is 1. The number of aromatic nitrogens is 1. The summed E-state index contributed by atoms with van der Waals surface area (Å²) in [4.78, 5) is 15.5. The summed E-state index contributed by atoms with van der Waals surface area (Å²) in [5, 5.41) is 3.89. The largest absolute Gasteiger partial charge is 0.326 e. The lowest BCUT2D eigenvalue weighted by atomic mass is 10.1. The molecule has 31 heavy (non-hydrogen) atoms. The van der Waals surface area contributed by atoms with Gasteiger partial charge in [0.05, 0.1) is 5.69 Å². The van der Waals surface area contributed by atoms with Gasteiger partial charge in [-0.05, 0) is 24.3 Å². The summed E-state index contributed by atoms with van der Waals surface area (Å²) in [5.41, 5.74) is 2.17. The summed E-state index contributed by atoms with van der Waals surface area (Å²) < 4.78 is 28.5. The molecule has 0 aliphatic rings. The number of rotatable bonds is 7. The second-order valence-corrected chi connectivity index (χ2v) is 10.3. The minimum Gasteiger partial charge on any atom is -0.326 e. The molecule has 0 saturated carbocycles. The van der Waals surface area contributed by atoms with Crippen LogP contribution in [0.2, 0.25) is 15.1 Å². The Bertz CT molecular complexity index is 1220. The average molecular weight is 517 g/mol. The number of nitrogens with zero attached hydrogens (tertiary/aromatic N) is 1. The normalized spacial score (nSPS) is 12.3. The van der Waals surface area contributed by atoms with Crippen LogP contribution in [0.3, 0.4) is 0 Å². The van der Waals surface area contributed by atoms with E-state index in [9.17, 15) is 13.2 Å². The van der Waals surface area contributed by atoms with Crippen LogP contribution in [0.4, 0.5) is 10.8 Å². The number of sulfonamides is 1. The molecule has 0 spiro atoms. The number of nitrogens with one attached hydrogen (secondary N) is 2. The van der Waals surface area contributed by atoms with Gasteiger partial charge in [-0.1, -0.05) is 53.0 Å². The topological polar surface area (TPSA) is 88.2 Å². The number of carbonyl (C=O) groups excluding carboxylic acids is 1. The maximum absolute atomic E-state index is 13.0. The molecular formula is C20H16Cl3N3O3S2. The lowest BCUT2D eigenvalue weighted by molar-refractivity contribution is -0.114. The van der Waals surface area contributed by atoms with Gasteiger partial charge in [0, 0.05) is 44.2 Å². The number of hydrogen-bond donors (Lipinski definition) is 2. The third-order valence-corrected chi connectivity index (χ3v) is 7.42. The molecule has 2 aromatic carbocycles. The van der Waals surface area contributed by atoms with E-state index in [0.717, 1.165) is 16.9 Å². The highest BCUT2D eigenvalue weighted by molar-refractivity contribution is 7.93. The van der Waals surface area contributed by atoms with Crippen LogP contribution < -0.4 is 10.0 Å². The Labute approximate surface area is 198 Å². The number of carbonyl (C=O) groups is 1. The van der Waals surface area contributed by atoms with Crippen LogP contribution >= 0.6 is 46.1 Å². The molecule has 162 valence electrons. The van der Waals surface area contributed by atoms with Crippen molar-refractivity contribution in [3.05, 3.63) is 75.1 Å². The second kappa shape index (κ2) is 9.58. The molecular weight excluding hydrogens is 501 g/mol. The van der Waals surface area contributed by atoms with Crippen molar-refractivity contribution < 1.29 is 13.2 Å². The van der Waals surface area contributed by atoms with E-state index in [2.05, 4.69) is 21.6 Å². The Balaban J connectivity index is 1.84. The van der Waals surface area contributed by atoms with Gasteiger partial charge in [0.15, 0.2) is 5.13 Å². The highest BCUT2D eigenvalue weighted by Gasteiger charge is 2.29. The van der Waals surface area contributed by atoms with Gasteiger partial charge >= 0.3 is 0 Å². The molecule has 11 heteroatoms. The van der Waals surface area contributed by atoms with Gasteiger partial charge in [-0.3, -0.25) is 9.52 Å². The van der Waals surface area contributed by atoms with Gasteiger partial charge in [-0.2, -0.15) is 0 Å². The van der Waals surface area contributed by atoms with E-state index in [4.69, 9.17) is 34.8 Å². The number of benzene rings is 2. The Hall–Kier alpha value is -2.10. The van der Waals surface area contributed by atoms with Crippen LogP contribution in [0.25, 0.3) is 11.3 Å². The van der Waals surface area contributed by atoms with Crippen LogP contribution in [0.15, 0.2) is 54.4 Å². The molecule has 1 unspecified atom stereocenters. The zero-order valence-electron chi connectivity index (χ0n) is 16.0. The van der Waals surface area contributed by atoms with Crippen LogP contribution in [0.5, 0.6) is 0 Å². The molecule has 2 N–H and O–H groups in total. The average Bonchev–Trinajstić information content (AvgIpc) is 3.12. The first-order chi connectivity index (χ1) is 14.6. The van der Waals surface area contributed by atoms with E-state index >= 15 is 0 Å². The molecule has 1 aromatic heterocycles. The smallest absolute Gasteiger partial charge is 0.245 e. The molecule has 3 aromatic rings. The molecule has 0 aliphatic carbocycles. The van der Waals surface area contributed by atoms with Crippen molar-refractivity contribution >= 4 is 72.9 Å². The molecule has 3 rings (SSSR count).